The average molecular weight is 370 g/mol. The molecule has 7 heteroatoms. The molecule has 0 saturated carbocycles. The van der Waals surface area contributed by atoms with E-state index in [1.54, 1.807) is 17.0 Å². The Morgan fingerprint density at radius 3 is 2.58 bits per heavy atom. The second kappa shape index (κ2) is 6.25. The molecule has 2 amide bonds. The van der Waals surface area contributed by atoms with Crippen LogP contribution in [0.25, 0.3) is 0 Å². The molecule has 0 aliphatic carbocycles. The quantitative estimate of drug-likeness (QED) is 0.830. The number of rotatable bonds is 3. The molecule has 0 N–H and O–H groups in total. The molecular formula is C19H18N2O4S. The largest absolute Gasteiger partial charge is 0.312 e. The van der Waals surface area contributed by atoms with Crippen LogP contribution in [-0.2, 0) is 21.2 Å². The molecular weight excluding hydrogens is 352 g/mol. The molecule has 0 aromatic heterocycles. The third-order valence-electron chi connectivity index (χ3n) is 4.85. The van der Waals surface area contributed by atoms with Gasteiger partial charge in [-0.05, 0) is 36.6 Å². The summed E-state index contributed by atoms with van der Waals surface area (Å²) in [6.45, 7) is 0.462. The molecule has 2 aliphatic rings. The van der Waals surface area contributed by atoms with Gasteiger partial charge in [0.25, 0.3) is 15.9 Å². The fourth-order valence-corrected chi connectivity index (χ4v) is 5.15. The standard InChI is InChI=1S/C19H18N2O4S/c22-18(20-12-5-7-14-6-1-3-9-16(14)20)11-13-21-19(23)15-8-2-4-10-17(15)26(21,24)25/h1-4,6,8-10H,5,7,11-13H2. The van der Waals surface area contributed by atoms with Crippen molar-refractivity contribution in [3.63, 3.8) is 0 Å². The summed E-state index contributed by atoms with van der Waals surface area (Å²) in [4.78, 5) is 26.8. The van der Waals surface area contributed by atoms with Crippen molar-refractivity contribution < 1.29 is 18.0 Å². The zero-order valence-corrected chi connectivity index (χ0v) is 14.9. The van der Waals surface area contributed by atoms with Crippen LogP contribution in [0.5, 0.6) is 0 Å². The Morgan fingerprint density at radius 1 is 1.04 bits per heavy atom. The van der Waals surface area contributed by atoms with Crippen LogP contribution in [-0.4, -0.2) is 37.6 Å². The second-order valence-corrected chi connectivity index (χ2v) is 8.24. The van der Waals surface area contributed by atoms with E-state index in [2.05, 4.69) is 0 Å². The molecule has 2 aliphatic heterocycles. The summed E-state index contributed by atoms with van der Waals surface area (Å²) in [7, 11) is -3.87. The monoisotopic (exact) mass is 370 g/mol. The van der Waals surface area contributed by atoms with Gasteiger partial charge in [0.15, 0.2) is 0 Å². The summed E-state index contributed by atoms with van der Waals surface area (Å²) in [5.41, 5.74) is 2.16. The van der Waals surface area contributed by atoms with Crippen molar-refractivity contribution in [3.05, 3.63) is 59.7 Å². The number of anilines is 1. The fourth-order valence-electron chi connectivity index (χ4n) is 3.58. The Bertz CT molecular complexity index is 1000. The van der Waals surface area contributed by atoms with Gasteiger partial charge in [-0.1, -0.05) is 30.3 Å². The Kier molecular flexibility index (Phi) is 4.03. The number of para-hydroxylation sites is 1. The Labute approximate surface area is 152 Å². The molecule has 2 heterocycles. The topological polar surface area (TPSA) is 74.8 Å². The molecule has 0 saturated heterocycles. The van der Waals surface area contributed by atoms with Crippen LogP contribution in [0.2, 0.25) is 0 Å². The minimum Gasteiger partial charge on any atom is -0.312 e. The number of amides is 2. The summed E-state index contributed by atoms with van der Waals surface area (Å²) >= 11 is 0. The molecule has 2 aromatic carbocycles. The van der Waals surface area contributed by atoms with Crippen LogP contribution in [0.1, 0.15) is 28.8 Å². The van der Waals surface area contributed by atoms with E-state index < -0.39 is 15.9 Å². The van der Waals surface area contributed by atoms with E-state index in [0.717, 1.165) is 28.4 Å². The van der Waals surface area contributed by atoms with Crippen molar-refractivity contribution in [2.45, 2.75) is 24.2 Å². The maximum absolute atomic E-state index is 12.7. The van der Waals surface area contributed by atoms with Gasteiger partial charge in [0, 0.05) is 25.2 Å². The van der Waals surface area contributed by atoms with Gasteiger partial charge in [-0.25, -0.2) is 12.7 Å². The van der Waals surface area contributed by atoms with E-state index >= 15 is 0 Å². The number of nitrogens with zero attached hydrogens (tertiary/aromatic N) is 2. The van der Waals surface area contributed by atoms with Crippen molar-refractivity contribution in [2.75, 3.05) is 18.0 Å². The lowest BCUT2D eigenvalue weighted by Crippen LogP contribution is -2.39. The molecule has 4 rings (SSSR count). The van der Waals surface area contributed by atoms with Crippen LogP contribution in [0.15, 0.2) is 53.4 Å². The SMILES string of the molecule is O=C(CCN1C(=O)c2ccccc2S1(=O)=O)N1CCCc2ccccc21. The van der Waals surface area contributed by atoms with E-state index in [9.17, 15) is 18.0 Å². The smallest absolute Gasteiger partial charge is 0.269 e. The summed E-state index contributed by atoms with van der Waals surface area (Å²) in [6, 6.07) is 13.9. The first-order chi connectivity index (χ1) is 12.5. The lowest BCUT2D eigenvalue weighted by atomic mass is 10.0. The van der Waals surface area contributed by atoms with Gasteiger partial charge in [0.1, 0.15) is 4.90 Å². The van der Waals surface area contributed by atoms with Crippen molar-refractivity contribution in [1.82, 2.24) is 4.31 Å². The molecule has 134 valence electrons. The highest BCUT2D eigenvalue weighted by molar-refractivity contribution is 7.90. The molecule has 0 atom stereocenters. The van der Waals surface area contributed by atoms with Gasteiger partial charge in [-0.3, -0.25) is 9.59 Å². The molecule has 0 spiro atoms. The van der Waals surface area contributed by atoms with Crippen LogP contribution in [0.4, 0.5) is 5.69 Å². The number of carbonyl (C=O) groups is 2. The fraction of sp³-hybridized carbons (Fsp3) is 0.263. The summed E-state index contributed by atoms with van der Waals surface area (Å²) in [5.74, 6) is -0.733. The second-order valence-electron chi connectivity index (χ2n) is 6.41. The maximum atomic E-state index is 12.7. The van der Waals surface area contributed by atoms with Crippen molar-refractivity contribution in [2.24, 2.45) is 0 Å². The molecule has 0 fully saturated rings. The van der Waals surface area contributed by atoms with Crippen molar-refractivity contribution in [1.29, 1.82) is 0 Å². The van der Waals surface area contributed by atoms with Gasteiger partial charge in [0.05, 0.1) is 5.56 Å². The first-order valence-electron chi connectivity index (χ1n) is 8.54. The predicted molar refractivity (Wildman–Crippen MR) is 96.4 cm³/mol. The first kappa shape index (κ1) is 16.8. The van der Waals surface area contributed by atoms with Gasteiger partial charge >= 0.3 is 0 Å². The number of sulfonamides is 1. The molecule has 0 unspecified atom stereocenters. The number of benzene rings is 2. The third-order valence-corrected chi connectivity index (χ3v) is 6.69. The summed E-state index contributed by atoms with van der Waals surface area (Å²) in [6.07, 6.45) is 1.76. The normalized spacial score (nSPS) is 17.8. The maximum Gasteiger partial charge on any atom is 0.269 e. The van der Waals surface area contributed by atoms with E-state index in [-0.39, 0.29) is 29.3 Å². The van der Waals surface area contributed by atoms with Gasteiger partial charge in [0.2, 0.25) is 5.91 Å². The van der Waals surface area contributed by atoms with Crippen molar-refractivity contribution >= 4 is 27.5 Å². The zero-order chi connectivity index (χ0) is 18.3. The Morgan fingerprint density at radius 2 is 1.77 bits per heavy atom. The number of carbonyl (C=O) groups excluding carboxylic acids is 2. The first-order valence-corrected chi connectivity index (χ1v) is 9.98. The van der Waals surface area contributed by atoms with E-state index in [1.807, 2.05) is 24.3 Å². The Balaban J connectivity index is 1.52. The van der Waals surface area contributed by atoms with E-state index in [0.29, 0.717) is 6.54 Å². The van der Waals surface area contributed by atoms with Gasteiger partial charge < -0.3 is 4.90 Å². The third kappa shape index (κ3) is 2.59. The summed E-state index contributed by atoms with van der Waals surface area (Å²) in [5, 5.41) is 0. The van der Waals surface area contributed by atoms with E-state index in [1.165, 1.54) is 12.1 Å². The minimum absolute atomic E-state index is 0.0146. The van der Waals surface area contributed by atoms with Gasteiger partial charge in [-0.2, -0.15) is 0 Å². The number of fused-ring (bicyclic) bond motifs is 2. The lowest BCUT2D eigenvalue weighted by Gasteiger charge is -2.30. The predicted octanol–water partition coefficient (Wildman–Crippen LogP) is 2.20. The highest BCUT2D eigenvalue weighted by Crippen LogP contribution is 2.31. The zero-order valence-electron chi connectivity index (χ0n) is 14.1. The van der Waals surface area contributed by atoms with Crippen LogP contribution < -0.4 is 4.90 Å². The molecule has 0 radical (unpaired) electrons. The Hall–Kier alpha value is -2.67. The van der Waals surface area contributed by atoms with Crippen LogP contribution in [0.3, 0.4) is 0 Å². The average Bonchev–Trinajstić information content (AvgIpc) is 2.86. The van der Waals surface area contributed by atoms with Crippen molar-refractivity contribution in [3.8, 4) is 0 Å². The highest BCUT2D eigenvalue weighted by atomic mass is 32.2. The molecule has 2 aromatic rings. The summed E-state index contributed by atoms with van der Waals surface area (Å²) < 4.78 is 25.9. The van der Waals surface area contributed by atoms with Crippen LogP contribution in [0, 0.1) is 0 Å². The molecule has 26 heavy (non-hydrogen) atoms. The van der Waals surface area contributed by atoms with Gasteiger partial charge in [-0.15, -0.1) is 0 Å². The van der Waals surface area contributed by atoms with E-state index in [4.69, 9.17) is 0 Å². The number of aryl methyl sites for hydroxylation is 1. The highest BCUT2D eigenvalue weighted by Gasteiger charge is 2.41. The molecule has 0 bridgehead atoms. The number of hydrogen-bond acceptors (Lipinski definition) is 4. The minimum atomic E-state index is -3.87. The van der Waals surface area contributed by atoms with Crippen LogP contribution >= 0.6 is 0 Å². The lowest BCUT2D eigenvalue weighted by molar-refractivity contribution is -0.118. The molecule has 6 nitrogen and oxygen atoms in total. The number of hydrogen-bond donors (Lipinski definition) is 0.